The topological polar surface area (TPSA) is 76.1 Å². The zero-order chi connectivity index (χ0) is 26.0. The van der Waals surface area contributed by atoms with Crippen molar-refractivity contribution in [1.82, 2.24) is 0 Å². The van der Waals surface area contributed by atoms with Crippen molar-refractivity contribution in [2.45, 2.75) is 33.2 Å². The van der Waals surface area contributed by atoms with Gasteiger partial charge in [-0.25, -0.2) is 0 Å². The first kappa shape index (κ1) is 25.3. The average molecular weight is 506 g/mol. The summed E-state index contributed by atoms with van der Waals surface area (Å²) < 4.78 is 11.3. The number of para-hydroxylation sites is 1. The molecular weight excluding hydrogens is 478 g/mol. The Morgan fingerprint density at radius 1 is 1.00 bits per heavy atom. The van der Waals surface area contributed by atoms with Crippen LogP contribution in [0.3, 0.4) is 0 Å². The number of anilines is 1. The van der Waals surface area contributed by atoms with Crippen molar-refractivity contribution in [2.75, 3.05) is 18.6 Å². The number of benzene rings is 3. The zero-order valence-electron chi connectivity index (χ0n) is 20.7. The molecule has 0 aliphatic carbocycles. The molecule has 7 heteroatoms. The lowest BCUT2D eigenvalue weighted by molar-refractivity contribution is -0.132. The molecule has 1 unspecified atom stereocenters. The molecule has 0 radical (unpaired) electrons. The standard InChI is InChI=1S/C29H28ClNO5/c1-5-14-36-23-13-11-19(15-18(23)3)27(32)25-26(21-8-6-7-9-24(21)35-4)31(29(34)28(25)33)20-12-10-17(2)22(30)16-20/h6-13,15-16,26,32H,5,14H2,1-4H3/b27-25+. The normalized spacial score (nSPS) is 16.9. The van der Waals surface area contributed by atoms with E-state index in [0.29, 0.717) is 39.9 Å². The van der Waals surface area contributed by atoms with Gasteiger partial charge in [-0.3, -0.25) is 14.5 Å². The molecule has 3 aromatic rings. The highest BCUT2D eigenvalue weighted by atomic mass is 35.5. The number of Topliss-reactive ketones (excluding diaryl/α,β-unsaturated/α-hetero) is 1. The van der Waals surface area contributed by atoms with Crippen LogP contribution in [0.15, 0.2) is 66.2 Å². The Bertz CT molecular complexity index is 1360. The van der Waals surface area contributed by atoms with E-state index in [-0.39, 0.29) is 11.3 Å². The molecule has 1 N–H and O–H groups in total. The van der Waals surface area contributed by atoms with E-state index in [9.17, 15) is 14.7 Å². The minimum Gasteiger partial charge on any atom is -0.507 e. The third-order valence-corrected chi connectivity index (χ3v) is 6.63. The van der Waals surface area contributed by atoms with Crippen molar-refractivity contribution in [2.24, 2.45) is 0 Å². The number of carbonyl (C=O) groups is 2. The van der Waals surface area contributed by atoms with Gasteiger partial charge in [0.25, 0.3) is 11.7 Å². The van der Waals surface area contributed by atoms with Crippen molar-refractivity contribution in [1.29, 1.82) is 0 Å². The van der Waals surface area contributed by atoms with Gasteiger partial charge in [0.05, 0.1) is 25.3 Å². The fraction of sp³-hybridized carbons (Fsp3) is 0.241. The predicted molar refractivity (Wildman–Crippen MR) is 141 cm³/mol. The number of amides is 1. The molecule has 0 aromatic heterocycles. The van der Waals surface area contributed by atoms with Gasteiger partial charge in [0.15, 0.2) is 0 Å². The Kier molecular flexibility index (Phi) is 7.36. The van der Waals surface area contributed by atoms with E-state index in [1.54, 1.807) is 60.7 Å². The highest BCUT2D eigenvalue weighted by molar-refractivity contribution is 6.52. The second-order valence-corrected chi connectivity index (χ2v) is 9.08. The van der Waals surface area contributed by atoms with Crippen LogP contribution in [-0.2, 0) is 9.59 Å². The molecule has 1 aliphatic rings. The van der Waals surface area contributed by atoms with Gasteiger partial charge in [0.1, 0.15) is 17.3 Å². The van der Waals surface area contributed by atoms with Crippen molar-refractivity contribution >= 4 is 34.7 Å². The van der Waals surface area contributed by atoms with E-state index >= 15 is 0 Å². The second kappa shape index (κ2) is 10.5. The number of ether oxygens (including phenoxy) is 2. The molecule has 36 heavy (non-hydrogen) atoms. The quantitative estimate of drug-likeness (QED) is 0.229. The van der Waals surface area contributed by atoms with E-state index in [1.165, 1.54) is 12.0 Å². The number of hydrogen-bond donors (Lipinski definition) is 1. The molecule has 1 saturated heterocycles. The number of methoxy groups -OCH3 is 1. The van der Waals surface area contributed by atoms with Crippen LogP contribution in [0.5, 0.6) is 11.5 Å². The number of rotatable bonds is 7. The third-order valence-electron chi connectivity index (χ3n) is 6.22. The number of ketones is 1. The van der Waals surface area contributed by atoms with E-state index in [1.807, 2.05) is 20.8 Å². The number of nitrogens with zero attached hydrogens (tertiary/aromatic N) is 1. The smallest absolute Gasteiger partial charge is 0.300 e. The summed E-state index contributed by atoms with van der Waals surface area (Å²) in [6.07, 6.45) is 0.868. The Hall–Kier alpha value is -3.77. The van der Waals surface area contributed by atoms with Crippen LogP contribution >= 0.6 is 11.6 Å². The minimum absolute atomic E-state index is 0.0252. The Morgan fingerprint density at radius 2 is 1.75 bits per heavy atom. The SMILES string of the molecule is CCCOc1ccc(/C(O)=C2\C(=O)C(=O)N(c3ccc(C)c(Cl)c3)C2c2ccccc2OC)cc1C. The minimum atomic E-state index is -0.920. The molecule has 3 aromatic carbocycles. The van der Waals surface area contributed by atoms with Gasteiger partial charge in [0.2, 0.25) is 0 Å². The van der Waals surface area contributed by atoms with Crippen LogP contribution in [0.1, 0.15) is 41.6 Å². The number of halogens is 1. The zero-order valence-corrected chi connectivity index (χ0v) is 21.4. The summed E-state index contributed by atoms with van der Waals surface area (Å²) in [5, 5.41) is 11.9. The summed E-state index contributed by atoms with van der Waals surface area (Å²) >= 11 is 6.37. The van der Waals surface area contributed by atoms with Crippen LogP contribution in [-0.4, -0.2) is 30.5 Å². The van der Waals surface area contributed by atoms with Gasteiger partial charge in [0, 0.05) is 21.8 Å². The van der Waals surface area contributed by atoms with Crippen LogP contribution in [0.2, 0.25) is 5.02 Å². The molecule has 1 amide bonds. The van der Waals surface area contributed by atoms with Gasteiger partial charge < -0.3 is 14.6 Å². The Morgan fingerprint density at radius 3 is 2.42 bits per heavy atom. The lowest BCUT2D eigenvalue weighted by Crippen LogP contribution is -2.29. The third kappa shape index (κ3) is 4.56. The first-order valence-corrected chi connectivity index (χ1v) is 12.1. The van der Waals surface area contributed by atoms with Crippen LogP contribution in [0.25, 0.3) is 5.76 Å². The van der Waals surface area contributed by atoms with Crippen molar-refractivity contribution < 1.29 is 24.2 Å². The summed E-state index contributed by atoms with van der Waals surface area (Å²) in [4.78, 5) is 28.2. The molecule has 1 fully saturated rings. The van der Waals surface area contributed by atoms with Gasteiger partial charge in [-0.15, -0.1) is 0 Å². The molecular formula is C29H28ClNO5. The highest BCUT2D eigenvalue weighted by Crippen LogP contribution is 2.45. The molecule has 1 heterocycles. The molecule has 0 bridgehead atoms. The summed E-state index contributed by atoms with van der Waals surface area (Å²) in [6, 6.07) is 16.6. The number of aliphatic hydroxyl groups excluding tert-OH is 1. The largest absolute Gasteiger partial charge is 0.507 e. The fourth-order valence-corrected chi connectivity index (χ4v) is 4.52. The summed E-state index contributed by atoms with van der Waals surface area (Å²) in [6.45, 7) is 6.32. The van der Waals surface area contributed by atoms with Crippen molar-refractivity contribution in [3.8, 4) is 11.5 Å². The Balaban J connectivity index is 1.92. The molecule has 0 saturated carbocycles. The summed E-state index contributed by atoms with van der Waals surface area (Å²) in [5.74, 6) is -0.631. The predicted octanol–water partition coefficient (Wildman–Crippen LogP) is 6.38. The monoisotopic (exact) mass is 505 g/mol. The maximum Gasteiger partial charge on any atom is 0.300 e. The molecule has 6 nitrogen and oxygen atoms in total. The van der Waals surface area contributed by atoms with Crippen LogP contribution in [0.4, 0.5) is 5.69 Å². The number of aryl methyl sites for hydroxylation is 2. The highest BCUT2D eigenvalue weighted by Gasteiger charge is 2.48. The average Bonchev–Trinajstić information content (AvgIpc) is 3.14. The number of hydrogen-bond acceptors (Lipinski definition) is 5. The van der Waals surface area contributed by atoms with Crippen molar-refractivity contribution in [3.63, 3.8) is 0 Å². The van der Waals surface area contributed by atoms with E-state index < -0.39 is 17.7 Å². The van der Waals surface area contributed by atoms with Gasteiger partial charge >= 0.3 is 0 Å². The van der Waals surface area contributed by atoms with Gasteiger partial charge in [-0.05, 0) is 67.8 Å². The van der Waals surface area contributed by atoms with Gasteiger partial charge in [-0.1, -0.05) is 42.8 Å². The summed E-state index contributed by atoms with van der Waals surface area (Å²) in [7, 11) is 1.52. The first-order chi connectivity index (χ1) is 17.3. The molecule has 1 atom stereocenters. The number of aliphatic hydroxyl groups is 1. The molecule has 1 aliphatic heterocycles. The fourth-order valence-electron chi connectivity index (χ4n) is 4.34. The van der Waals surface area contributed by atoms with E-state index in [2.05, 4.69) is 0 Å². The molecule has 186 valence electrons. The molecule has 4 rings (SSSR count). The first-order valence-electron chi connectivity index (χ1n) is 11.7. The second-order valence-electron chi connectivity index (χ2n) is 8.67. The lowest BCUT2D eigenvalue weighted by Gasteiger charge is -2.27. The summed E-state index contributed by atoms with van der Waals surface area (Å²) in [5.41, 5.74) is 3.05. The Labute approximate surface area is 215 Å². The maximum absolute atomic E-state index is 13.4. The van der Waals surface area contributed by atoms with E-state index in [0.717, 1.165) is 17.5 Å². The van der Waals surface area contributed by atoms with Crippen molar-refractivity contribution in [3.05, 3.63) is 93.5 Å². The maximum atomic E-state index is 13.4. The van der Waals surface area contributed by atoms with E-state index in [4.69, 9.17) is 21.1 Å². The molecule has 0 spiro atoms. The van der Waals surface area contributed by atoms with Crippen LogP contribution in [0, 0.1) is 13.8 Å². The number of carbonyl (C=O) groups excluding carboxylic acids is 2. The van der Waals surface area contributed by atoms with Gasteiger partial charge in [-0.2, -0.15) is 0 Å². The van der Waals surface area contributed by atoms with Crippen LogP contribution < -0.4 is 14.4 Å². The lowest BCUT2D eigenvalue weighted by atomic mass is 9.94.